The lowest BCUT2D eigenvalue weighted by Gasteiger charge is -2.24. The van der Waals surface area contributed by atoms with Crippen molar-refractivity contribution in [2.75, 3.05) is 0 Å². The van der Waals surface area contributed by atoms with Gasteiger partial charge in [-0.15, -0.1) is 0 Å². The van der Waals surface area contributed by atoms with Gasteiger partial charge < -0.3 is 4.57 Å². The van der Waals surface area contributed by atoms with E-state index in [0.29, 0.717) is 0 Å². The summed E-state index contributed by atoms with van der Waals surface area (Å²) in [5, 5.41) is 4.86. The van der Waals surface area contributed by atoms with Crippen molar-refractivity contribution in [3.8, 4) is 11.6 Å². The van der Waals surface area contributed by atoms with Gasteiger partial charge in [0.25, 0.3) is 0 Å². The molecule has 198 valence electrons. The van der Waals surface area contributed by atoms with E-state index in [1.165, 1.54) is 32.6 Å². The van der Waals surface area contributed by atoms with Crippen molar-refractivity contribution in [1.29, 1.82) is 0 Å². The highest BCUT2D eigenvalue weighted by Gasteiger charge is 2.26. The van der Waals surface area contributed by atoms with E-state index < -0.39 is 0 Å². The predicted octanol–water partition coefficient (Wildman–Crippen LogP) is 9.27. The van der Waals surface area contributed by atoms with Crippen LogP contribution in [0.25, 0.3) is 55.2 Å². The lowest BCUT2D eigenvalue weighted by molar-refractivity contribution is 0.535. The second-order valence-electron chi connectivity index (χ2n) is 12.8. The van der Waals surface area contributed by atoms with Crippen molar-refractivity contribution >= 4 is 43.6 Å². The molecule has 0 amide bonds. The van der Waals surface area contributed by atoms with Gasteiger partial charge in [-0.1, -0.05) is 102 Å². The van der Waals surface area contributed by atoms with Crippen LogP contribution in [0.2, 0.25) is 0 Å². The van der Waals surface area contributed by atoms with Gasteiger partial charge in [-0.2, -0.15) is 0 Å². The third-order valence-corrected chi connectivity index (χ3v) is 7.94. The van der Waals surface area contributed by atoms with Crippen molar-refractivity contribution in [2.24, 2.45) is 0 Å². The fraction of sp³-hybridized carbons (Fsp3) is 0.222. The molecular formula is C36H34N4. The summed E-state index contributed by atoms with van der Waals surface area (Å²) in [4.78, 5) is 10.5. The Kier molecular flexibility index (Phi) is 5.24. The number of hydrogen-bond donors (Lipinski definition) is 0. The number of hydrogen-bond acceptors (Lipinski definition) is 2. The monoisotopic (exact) mass is 522 g/mol. The van der Waals surface area contributed by atoms with Gasteiger partial charge in [0.15, 0.2) is 0 Å². The van der Waals surface area contributed by atoms with Crippen LogP contribution in [0.4, 0.5) is 0 Å². The van der Waals surface area contributed by atoms with Crippen LogP contribution in [0.5, 0.6) is 0 Å². The van der Waals surface area contributed by atoms with Crippen molar-refractivity contribution in [1.82, 2.24) is 19.1 Å². The molecule has 7 aromatic rings. The van der Waals surface area contributed by atoms with Gasteiger partial charge in [-0.3, -0.25) is 4.57 Å². The lowest BCUT2D eigenvalue weighted by atomic mass is 9.87. The second kappa shape index (κ2) is 8.53. The molecule has 0 radical (unpaired) electrons. The third-order valence-electron chi connectivity index (χ3n) is 7.94. The third kappa shape index (κ3) is 3.66. The first-order chi connectivity index (χ1) is 19.1. The van der Waals surface area contributed by atoms with E-state index >= 15 is 0 Å². The van der Waals surface area contributed by atoms with Gasteiger partial charge in [0.2, 0.25) is 5.95 Å². The Balaban J connectivity index is 1.71. The average Bonchev–Trinajstić information content (AvgIpc) is 3.45. The van der Waals surface area contributed by atoms with E-state index in [0.717, 1.165) is 34.1 Å². The van der Waals surface area contributed by atoms with Crippen molar-refractivity contribution in [3.63, 3.8) is 0 Å². The van der Waals surface area contributed by atoms with Crippen LogP contribution in [-0.2, 0) is 10.8 Å². The van der Waals surface area contributed by atoms with Crippen LogP contribution < -0.4 is 0 Å². The Labute approximate surface area is 234 Å². The molecule has 0 unspecified atom stereocenters. The normalized spacial score (nSPS) is 12.8. The summed E-state index contributed by atoms with van der Waals surface area (Å²) in [6.07, 6.45) is 0. The first-order valence-corrected chi connectivity index (χ1v) is 14.0. The first-order valence-electron chi connectivity index (χ1n) is 14.0. The van der Waals surface area contributed by atoms with E-state index in [1.807, 2.05) is 0 Å². The summed E-state index contributed by atoms with van der Waals surface area (Å²) in [5.41, 5.74) is 7.64. The molecule has 0 aliphatic carbocycles. The number of fused-ring (bicyclic) bond motifs is 7. The Morgan fingerprint density at radius 2 is 1.05 bits per heavy atom. The van der Waals surface area contributed by atoms with Gasteiger partial charge in [-0.05, 0) is 36.4 Å². The van der Waals surface area contributed by atoms with E-state index in [-0.39, 0.29) is 10.8 Å². The molecule has 3 aromatic heterocycles. The maximum Gasteiger partial charge on any atom is 0.235 e. The van der Waals surface area contributed by atoms with Crippen molar-refractivity contribution in [3.05, 3.63) is 108 Å². The Morgan fingerprint density at radius 3 is 1.68 bits per heavy atom. The highest BCUT2D eigenvalue weighted by molar-refractivity contribution is 6.26. The maximum atomic E-state index is 5.26. The van der Waals surface area contributed by atoms with Gasteiger partial charge in [-0.25, -0.2) is 9.97 Å². The molecule has 0 aliphatic heterocycles. The molecule has 4 nitrogen and oxygen atoms in total. The minimum Gasteiger partial charge on any atom is -0.309 e. The molecule has 3 heterocycles. The molecule has 0 atom stereocenters. The van der Waals surface area contributed by atoms with E-state index in [2.05, 4.69) is 148 Å². The SMILES string of the molecule is CC(C)(C)c1cc(C(C)(C)C)nc(-n2c3ccccc3c3ccc4c(c5ccccc5n4-c4ccccc4)c32)n1. The molecule has 7 rings (SSSR count). The second-order valence-corrected chi connectivity index (χ2v) is 12.8. The lowest BCUT2D eigenvalue weighted by Crippen LogP contribution is -2.22. The number of benzene rings is 4. The van der Waals surface area contributed by atoms with Crippen LogP contribution >= 0.6 is 0 Å². The molecule has 0 bridgehead atoms. The topological polar surface area (TPSA) is 35.6 Å². The van der Waals surface area contributed by atoms with Crippen molar-refractivity contribution < 1.29 is 0 Å². The zero-order valence-electron chi connectivity index (χ0n) is 24.0. The number of para-hydroxylation sites is 3. The summed E-state index contributed by atoms with van der Waals surface area (Å²) in [7, 11) is 0. The number of aromatic nitrogens is 4. The van der Waals surface area contributed by atoms with Gasteiger partial charge >= 0.3 is 0 Å². The quantitative estimate of drug-likeness (QED) is 0.227. The minimum atomic E-state index is -0.116. The van der Waals surface area contributed by atoms with Crippen molar-refractivity contribution in [2.45, 2.75) is 52.4 Å². The summed E-state index contributed by atoms with van der Waals surface area (Å²) in [6.45, 7) is 13.4. The van der Waals surface area contributed by atoms with Gasteiger partial charge in [0, 0.05) is 38.1 Å². The summed E-state index contributed by atoms with van der Waals surface area (Å²) in [5.74, 6) is 0.729. The molecule has 0 fully saturated rings. The smallest absolute Gasteiger partial charge is 0.235 e. The Morgan fingerprint density at radius 1 is 0.500 bits per heavy atom. The van der Waals surface area contributed by atoms with Crippen LogP contribution in [0.1, 0.15) is 52.9 Å². The molecular weight excluding hydrogens is 488 g/mol. The van der Waals surface area contributed by atoms with Gasteiger partial charge in [0.1, 0.15) is 0 Å². The van der Waals surface area contributed by atoms with Crippen LogP contribution in [0.15, 0.2) is 97.1 Å². The molecule has 40 heavy (non-hydrogen) atoms. The predicted molar refractivity (Wildman–Crippen MR) is 168 cm³/mol. The average molecular weight is 523 g/mol. The fourth-order valence-corrected chi connectivity index (χ4v) is 5.87. The molecule has 0 saturated carbocycles. The molecule has 4 aromatic carbocycles. The molecule has 0 aliphatic rings. The zero-order chi connectivity index (χ0) is 27.8. The van der Waals surface area contributed by atoms with Crippen LogP contribution in [-0.4, -0.2) is 19.1 Å². The van der Waals surface area contributed by atoms with Crippen LogP contribution in [0, 0.1) is 0 Å². The molecule has 0 spiro atoms. The summed E-state index contributed by atoms with van der Waals surface area (Å²) in [6, 6.07) is 34.7. The molecule has 0 N–H and O–H groups in total. The van der Waals surface area contributed by atoms with E-state index in [4.69, 9.17) is 9.97 Å². The Hall–Kier alpha value is -4.44. The highest BCUT2D eigenvalue weighted by Crippen LogP contribution is 2.41. The summed E-state index contributed by atoms with van der Waals surface area (Å²) >= 11 is 0. The number of rotatable bonds is 2. The van der Waals surface area contributed by atoms with E-state index in [1.54, 1.807) is 0 Å². The fourth-order valence-electron chi connectivity index (χ4n) is 5.87. The Bertz CT molecular complexity index is 2030. The number of nitrogens with zero attached hydrogens (tertiary/aromatic N) is 4. The molecule has 0 saturated heterocycles. The van der Waals surface area contributed by atoms with Gasteiger partial charge in [0.05, 0.1) is 33.5 Å². The first kappa shape index (κ1) is 24.6. The van der Waals surface area contributed by atoms with E-state index in [9.17, 15) is 0 Å². The standard InChI is InChI=1S/C36H34N4/c1-35(2,3)30-22-31(36(4,5)6)38-34(37-30)40-27-18-12-10-16-24(27)25-20-21-29-32(33(25)40)26-17-11-13-19-28(26)39(29)23-14-8-7-9-15-23/h7-22H,1-6H3. The minimum absolute atomic E-state index is 0.116. The zero-order valence-corrected chi connectivity index (χ0v) is 24.0. The summed E-state index contributed by atoms with van der Waals surface area (Å²) < 4.78 is 4.68. The largest absolute Gasteiger partial charge is 0.309 e. The maximum absolute atomic E-state index is 5.26. The molecule has 4 heteroatoms. The van der Waals surface area contributed by atoms with Crippen LogP contribution in [0.3, 0.4) is 0 Å². The highest BCUT2D eigenvalue weighted by atomic mass is 15.2.